The highest BCUT2D eigenvalue weighted by Crippen LogP contribution is 2.36. The Morgan fingerprint density at radius 1 is 1.15 bits per heavy atom. The Morgan fingerprint density at radius 2 is 1.85 bits per heavy atom. The molecule has 5 amide bonds. The summed E-state index contributed by atoms with van der Waals surface area (Å²) in [6.07, 6.45) is 2.92. The minimum atomic E-state index is -0.873. The van der Waals surface area contributed by atoms with E-state index in [1.807, 2.05) is 24.3 Å². The first-order chi connectivity index (χ1) is 15.8. The zero-order valence-corrected chi connectivity index (χ0v) is 19.6. The molecule has 3 aliphatic rings. The second-order valence-corrected chi connectivity index (χ2v) is 9.65. The minimum Gasteiger partial charge on any atom is -0.368 e. The Hall–Kier alpha value is -2.81. The highest BCUT2D eigenvalue weighted by atomic mass is 35.5. The molecule has 2 aliphatic heterocycles. The molecule has 0 atom stereocenters. The van der Waals surface area contributed by atoms with E-state index in [0.29, 0.717) is 50.0 Å². The molecule has 3 fully saturated rings. The fourth-order valence-corrected chi connectivity index (χ4v) is 4.97. The van der Waals surface area contributed by atoms with Crippen molar-refractivity contribution in [2.24, 2.45) is 5.92 Å². The lowest BCUT2D eigenvalue weighted by Crippen LogP contribution is -2.52. The molecule has 4 rings (SSSR count). The van der Waals surface area contributed by atoms with Crippen molar-refractivity contribution in [3.05, 3.63) is 29.3 Å². The highest BCUT2D eigenvalue weighted by Gasteiger charge is 2.52. The largest absolute Gasteiger partial charge is 0.368 e. The first-order valence-electron chi connectivity index (χ1n) is 11.5. The Labute approximate surface area is 198 Å². The summed E-state index contributed by atoms with van der Waals surface area (Å²) < 4.78 is 0. The van der Waals surface area contributed by atoms with Gasteiger partial charge in [0.25, 0.3) is 5.91 Å². The molecule has 2 heterocycles. The van der Waals surface area contributed by atoms with Crippen LogP contribution in [-0.2, 0) is 14.4 Å². The van der Waals surface area contributed by atoms with E-state index in [9.17, 15) is 19.2 Å². The van der Waals surface area contributed by atoms with Crippen LogP contribution in [0, 0.1) is 5.92 Å². The third kappa shape index (κ3) is 5.08. The Bertz CT molecular complexity index is 939. The fraction of sp³-hybridized carbons (Fsp3) is 0.565. The van der Waals surface area contributed by atoms with Crippen molar-refractivity contribution in [2.75, 3.05) is 44.2 Å². The number of nitrogens with zero attached hydrogens (tertiary/aromatic N) is 3. The van der Waals surface area contributed by atoms with Crippen LogP contribution in [0.4, 0.5) is 10.5 Å². The van der Waals surface area contributed by atoms with Crippen molar-refractivity contribution in [1.29, 1.82) is 0 Å². The Morgan fingerprint density at radius 3 is 2.52 bits per heavy atom. The van der Waals surface area contributed by atoms with Gasteiger partial charge in [0.1, 0.15) is 12.1 Å². The van der Waals surface area contributed by atoms with Gasteiger partial charge in [-0.1, -0.05) is 24.6 Å². The molecule has 1 spiro atoms. The number of benzene rings is 1. The van der Waals surface area contributed by atoms with Crippen molar-refractivity contribution in [3.63, 3.8) is 0 Å². The summed E-state index contributed by atoms with van der Waals surface area (Å²) in [5, 5.41) is 6.03. The summed E-state index contributed by atoms with van der Waals surface area (Å²) in [5.41, 5.74) is 0.143. The van der Waals surface area contributed by atoms with Crippen LogP contribution < -0.4 is 15.5 Å². The maximum Gasteiger partial charge on any atom is 0.325 e. The average molecular weight is 476 g/mol. The van der Waals surface area contributed by atoms with Gasteiger partial charge in [-0.2, -0.15) is 0 Å². The minimum absolute atomic E-state index is 0.164. The van der Waals surface area contributed by atoms with Crippen LogP contribution in [0.25, 0.3) is 0 Å². The van der Waals surface area contributed by atoms with Gasteiger partial charge in [-0.05, 0) is 49.8 Å². The van der Waals surface area contributed by atoms with Gasteiger partial charge in [0.2, 0.25) is 11.8 Å². The third-order valence-corrected chi connectivity index (χ3v) is 7.15. The van der Waals surface area contributed by atoms with E-state index in [1.165, 1.54) is 0 Å². The maximum absolute atomic E-state index is 12.9. The number of nitrogens with one attached hydrogen (secondary N) is 2. The van der Waals surface area contributed by atoms with Gasteiger partial charge < -0.3 is 20.4 Å². The molecular formula is C23H30ClN5O4. The molecular weight excluding hydrogens is 446 g/mol. The van der Waals surface area contributed by atoms with E-state index in [0.717, 1.165) is 23.4 Å². The van der Waals surface area contributed by atoms with E-state index in [1.54, 1.807) is 4.90 Å². The number of anilines is 1. The molecule has 9 nitrogen and oxygen atoms in total. The van der Waals surface area contributed by atoms with E-state index >= 15 is 0 Å². The number of halogens is 1. The first-order valence-corrected chi connectivity index (χ1v) is 11.8. The van der Waals surface area contributed by atoms with Gasteiger partial charge in [0.05, 0.1) is 6.54 Å². The van der Waals surface area contributed by atoms with Gasteiger partial charge in [0.15, 0.2) is 0 Å². The number of imide groups is 1. The van der Waals surface area contributed by atoms with E-state index in [-0.39, 0.29) is 24.9 Å². The molecule has 1 saturated carbocycles. The molecule has 10 heteroatoms. The van der Waals surface area contributed by atoms with Gasteiger partial charge in [-0.15, -0.1) is 0 Å². The summed E-state index contributed by atoms with van der Waals surface area (Å²) in [5.74, 6) is -0.524. The summed E-state index contributed by atoms with van der Waals surface area (Å²) in [6.45, 7) is 4.00. The lowest BCUT2D eigenvalue weighted by molar-refractivity contribution is -0.136. The second-order valence-electron chi connectivity index (χ2n) is 9.21. The van der Waals surface area contributed by atoms with Crippen LogP contribution in [0.15, 0.2) is 24.3 Å². The number of carbonyl (C=O) groups is 4. The second kappa shape index (κ2) is 9.59. The topological polar surface area (TPSA) is 102 Å². The predicted octanol–water partition coefficient (Wildman–Crippen LogP) is 1.61. The van der Waals surface area contributed by atoms with Gasteiger partial charge in [-0.25, -0.2) is 4.79 Å². The van der Waals surface area contributed by atoms with Crippen molar-refractivity contribution in [3.8, 4) is 0 Å². The van der Waals surface area contributed by atoms with Crippen LogP contribution in [0.1, 0.15) is 32.6 Å². The standard InChI is InChI=1S/C23H30ClN5O4/c1-16-5-7-23(8-6-16)21(32)29(22(33)26-23)15-19(30)25-14-20(31)28-11-9-27(10-12-28)18-4-2-3-17(24)13-18/h2-4,13,16H,5-12,14-15H2,1H3,(H,25,30)(H,26,33). The van der Waals surface area contributed by atoms with Gasteiger partial charge >= 0.3 is 6.03 Å². The lowest BCUT2D eigenvalue weighted by Gasteiger charge is -2.36. The third-order valence-electron chi connectivity index (χ3n) is 6.92. The molecule has 0 bridgehead atoms. The molecule has 0 aromatic heterocycles. The van der Waals surface area contributed by atoms with Crippen LogP contribution in [-0.4, -0.2) is 78.4 Å². The lowest BCUT2D eigenvalue weighted by atomic mass is 9.77. The predicted molar refractivity (Wildman–Crippen MR) is 124 cm³/mol. The quantitative estimate of drug-likeness (QED) is 0.630. The fourth-order valence-electron chi connectivity index (χ4n) is 4.79. The van der Waals surface area contributed by atoms with Crippen molar-refractivity contribution in [2.45, 2.75) is 38.1 Å². The molecule has 33 heavy (non-hydrogen) atoms. The molecule has 0 unspecified atom stereocenters. The summed E-state index contributed by atoms with van der Waals surface area (Å²) in [7, 11) is 0. The highest BCUT2D eigenvalue weighted by molar-refractivity contribution is 6.30. The number of hydrogen-bond donors (Lipinski definition) is 2. The van der Waals surface area contributed by atoms with Crippen LogP contribution in [0.3, 0.4) is 0 Å². The van der Waals surface area contributed by atoms with E-state index in [4.69, 9.17) is 11.6 Å². The number of urea groups is 1. The number of amides is 5. The monoisotopic (exact) mass is 475 g/mol. The van der Waals surface area contributed by atoms with E-state index < -0.39 is 17.5 Å². The van der Waals surface area contributed by atoms with Crippen LogP contribution >= 0.6 is 11.6 Å². The van der Waals surface area contributed by atoms with Crippen molar-refractivity contribution in [1.82, 2.24) is 20.4 Å². The zero-order chi connectivity index (χ0) is 23.6. The Balaban J connectivity index is 1.23. The van der Waals surface area contributed by atoms with E-state index in [2.05, 4.69) is 22.5 Å². The average Bonchev–Trinajstić information content (AvgIpc) is 3.03. The summed E-state index contributed by atoms with van der Waals surface area (Å²) in [6, 6.07) is 7.06. The number of rotatable bonds is 5. The van der Waals surface area contributed by atoms with Gasteiger partial charge in [0, 0.05) is 36.9 Å². The zero-order valence-electron chi connectivity index (χ0n) is 18.8. The van der Waals surface area contributed by atoms with Crippen molar-refractivity contribution < 1.29 is 19.2 Å². The smallest absolute Gasteiger partial charge is 0.325 e. The number of hydrogen-bond acceptors (Lipinski definition) is 5. The Kier molecular flexibility index (Phi) is 6.78. The van der Waals surface area contributed by atoms with Crippen LogP contribution in [0.2, 0.25) is 5.02 Å². The molecule has 178 valence electrons. The molecule has 2 saturated heterocycles. The number of piperazine rings is 1. The number of carbonyl (C=O) groups excluding carboxylic acids is 4. The SMILES string of the molecule is CC1CCC2(CC1)NC(=O)N(CC(=O)NCC(=O)N1CCN(c3cccc(Cl)c3)CC1)C2=O. The summed E-state index contributed by atoms with van der Waals surface area (Å²) >= 11 is 6.06. The van der Waals surface area contributed by atoms with Gasteiger partial charge in [-0.3, -0.25) is 19.3 Å². The molecule has 2 N–H and O–H groups in total. The first kappa shape index (κ1) is 23.4. The summed E-state index contributed by atoms with van der Waals surface area (Å²) in [4.78, 5) is 55.0. The molecule has 0 radical (unpaired) electrons. The molecule has 1 aromatic rings. The normalized spacial score (nSPS) is 25.4. The van der Waals surface area contributed by atoms with Crippen molar-refractivity contribution >= 4 is 41.0 Å². The molecule has 1 aliphatic carbocycles. The van der Waals surface area contributed by atoms with Crippen LogP contribution in [0.5, 0.6) is 0 Å². The molecule has 1 aromatic carbocycles. The maximum atomic E-state index is 12.9.